The summed E-state index contributed by atoms with van der Waals surface area (Å²) in [5, 5.41) is 10.7. The number of nitrogens with zero attached hydrogens (tertiary/aromatic N) is 1. The van der Waals surface area contributed by atoms with E-state index in [9.17, 15) is 10.1 Å². The second kappa shape index (κ2) is 2.72. The highest BCUT2D eigenvalue weighted by atomic mass is 127. The van der Waals surface area contributed by atoms with Crippen LogP contribution in [0, 0.1) is 10.1 Å². The van der Waals surface area contributed by atoms with Crippen LogP contribution >= 0.6 is 22.6 Å². The van der Waals surface area contributed by atoms with E-state index in [0.717, 1.165) is 5.56 Å². The molecule has 0 spiro atoms. The first-order chi connectivity index (χ1) is 7.03. The highest BCUT2D eigenvalue weighted by Gasteiger charge is 2.67. The Balaban J connectivity index is 1.94. The zero-order valence-corrected chi connectivity index (χ0v) is 10.2. The average Bonchev–Trinajstić information content (AvgIpc) is 2.12. The number of halogens is 1. The molecule has 4 rings (SSSR count). The first kappa shape index (κ1) is 9.57. The molecular formula is C11H10INO2. The van der Waals surface area contributed by atoms with Gasteiger partial charge >= 0.3 is 0 Å². The van der Waals surface area contributed by atoms with Gasteiger partial charge in [-0.1, -0.05) is 34.7 Å². The summed E-state index contributed by atoms with van der Waals surface area (Å²) in [7, 11) is 0. The number of rotatable bonds is 2. The Morgan fingerprint density at radius 2 is 2.00 bits per heavy atom. The Hall–Kier alpha value is -0.650. The van der Waals surface area contributed by atoms with Crippen molar-refractivity contribution < 1.29 is 4.92 Å². The molecule has 0 radical (unpaired) electrons. The topological polar surface area (TPSA) is 43.1 Å². The quantitative estimate of drug-likeness (QED) is 0.364. The molecule has 2 bridgehead atoms. The van der Waals surface area contributed by atoms with Crippen LogP contribution in [0.1, 0.15) is 24.8 Å². The number of benzene rings is 1. The molecule has 0 aliphatic heterocycles. The minimum atomic E-state index is -0.311. The molecule has 15 heavy (non-hydrogen) atoms. The molecule has 3 fully saturated rings. The van der Waals surface area contributed by atoms with Crippen LogP contribution < -0.4 is 0 Å². The minimum absolute atomic E-state index is 0.222. The lowest BCUT2D eigenvalue weighted by molar-refractivity contribution is -0.385. The first-order valence-electron chi connectivity index (χ1n) is 4.97. The van der Waals surface area contributed by atoms with E-state index in [4.69, 9.17) is 0 Å². The summed E-state index contributed by atoms with van der Waals surface area (Å²) in [6.07, 6.45) is 3.59. The van der Waals surface area contributed by atoms with Crippen molar-refractivity contribution >= 4 is 28.3 Å². The molecule has 3 aliphatic rings. The maximum absolute atomic E-state index is 10.7. The Labute approximate surface area is 101 Å². The van der Waals surface area contributed by atoms with E-state index in [1.54, 1.807) is 18.2 Å². The van der Waals surface area contributed by atoms with Gasteiger partial charge in [0.15, 0.2) is 0 Å². The highest BCUT2D eigenvalue weighted by molar-refractivity contribution is 14.1. The number of nitro benzene ring substituents is 1. The van der Waals surface area contributed by atoms with Crippen molar-refractivity contribution in [2.75, 3.05) is 0 Å². The largest absolute Gasteiger partial charge is 0.269 e. The van der Waals surface area contributed by atoms with Crippen LogP contribution in [0.5, 0.6) is 0 Å². The first-order valence-corrected chi connectivity index (χ1v) is 6.05. The highest BCUT2D eigenvalue weighted by Crippen LogP contribution is 2.72. The molecule has 0 saturated heterocycles. The number of nitro groups is 1. The van der Waals surface area contributed by atoms with Crippen molar-refractivity contribution in [2.24, 2.45) is 0 Å². The van der Waals surface area contributed by atoms with Gasteiger partial charge in [0.25, 0.3) is 5.69 Å². The second-order valence-electron chi connectivity index (χ2n) is 4.77. The van der Waals surface area contributed by atoms with E-state index in [1.807, 2.05) is 6.07 Å². The third-order valence-corrected chi connectivity index (χ3v) is 4.78. The predicted molar refractivity (Wildman–Crippen MR) is 65.4 cm³/mol. The summed E-state index contributed by atoms with van der Waals surface area (Å²) in [5.74, 6) is 0. The molecule has 0 amide bonds. The molecule has 0 unspecified atom stereocenters. The van der Waals surface area contributed by atoms with E-state index < -0.39 is 0 Å². The molecule has 0 heterocycles. The van der Waals surface area contributed by atoms with Gasteiger partial charge < -0.3 is 0 Å². The third kappa shape index (κ3) is 1.23. The van der Waals surface area contributed by atoms with Crippen molar-refractivity contribution in [1.29, 1.82) is 0 Å². The smallest absolute Gasteiger partial charge is 0.258 e. The van der Waals surface area contributed by atoms with Gasteiger partial charge in [-0.25, -0.2) is 0 Å². The molecule has 3 nitrogen and oxygen atoms in total. The summed E-state index contributed by atoms with van der Waals surface area (Å²) in [5.41, 5.74) is 1.67. The predicted octanol–water partition coefficient (Wildman–Crippen LogP) is 3.20. The van der Waals surface area contributed by atoms with E-state index in [2.05, 4.69) is 22.6 Å². The Kier molecular flexibility index (Phi) is 1.74. The minimum Gasteiger partial charge on any atom is -0.258 e. The van der Waals surface area contributed by atoms with Crippen LogP contribution in [0.3, 0.4) is 0 Å². The number of alkyl halides is 1. The summed E-state index contributed by atoms with van der Waals surface area (Å²) < 4.78 is 0.516. The molecule has 3 aliphatic carbocycles. The molecule has 0 atom stereocenters. The average molecular weight is 315 g/mol. The molecular weight excluding hydrogens is 305 g/mol. The second-order valence-corrected chi connectivity index (χ2v) is 7.06. The van der Waals surface area contributed by atoms with Crippen LogP contribution in [0.25, 0.3) is 0 Å². The molecule has 0 aromatic heterocycles. The molecule has 78 valence electrons. The molecule has 3 saturated carbocycles. The van der Waals surface area contributed by atoms with Gasteiger partial charge in [-0.2, -0.15) is 0 Å². The van der Waals surface area contributed by atoms with Crippen LogP contribution in [-0.4, -0.2) is 8.35 Å². The van der Waals surface area contributed by atoms with Crippen LogP contribution in [0.4, 0.5) is 5.69 Å². The monoisotopic (exact) mass is 315 g/mol. The van der Waals surface area contributed by atoms with E-state index >= 15 is 0 Å². The van der Waals surface area contributed by atoms with Gasteiger partial charge in [-0.05, 0) is 30.2 Å². The fourth-order valence-corrected chi connectivity index (χ4v) is 5.11. The van der Waals surface area contributed by atoms with Crippen molar-refractivity contribution in [3.05, 3.63) is 39.9 Å². The van der Waals surface area contributed by atoms with E-state index in [1.165, 1.54) is 19.3 Å². The zero-order valence-electron chi connectivity index (χ0n) is 8.07. The number of hydrogen-bond donors (Lipinski definition) is 0. The van der Waals surface area contributed by atoms with Crippen LogP contribution in [0.2, 0.25) is 0 Å². The van der Waals surface area contributed by atoms with Crippen molar-refractivity contribution in [1.82, 2.24) is 0 Å². The summed E-state index contributed by atoms with van der Waals surface area (Å²) in [6.45, 7) is 0. The van der Waals surface area contributed by atoms with Gasteiger partial charge in [-0.3, -0.25) is 10.1 Å². The Bertz CT molecular complexity index is 438. The molecule has 4 heteroatoms. The lowest BCUT2D eigenvalue weighted by Gasteiger charge is -2.68. The fourth-order valence-electron chi connectivity index (χ4n) is 2.92. The number of non-ortho nitro benzene ring substituents is 1. The molecule has 1 aromatic carbocycles. The van der Waals surface area contributed by atoms with Gasteiger partial charge in [0.1, 0.15) is 0 Å². The van der Waals surface area contributed by atoms with Crippen LogP contribution in [0.15, 0.2) is 24.3 Å². The van der Waals surface area contributed by atoms with Gasteiger partial charge in [-0.15, -0.1) is 0 Å². The lowest BCUT2D eigenvalue weighted by atomic mass is 9.42. The normalized spacial score (nSPS) is 36.6. The zero-order chi connectivity index (χ0) is 10.7. The van der Waals surface area contributed by atoms with Crippen LogP contribution in [-0.2, 0) is 5.41 Å². The Morgan fingerprint density at radius 3 is 2.53 bits per heavy atom. The third-order valence-electron chi connectivity index (χ3n) is 3.63. The lowest BCUT2D eigenvalue weighted by Crippen LogP contribution is -2.65. The molecule has 0 N–H and O–H groups in total. The van der Waals surface area contributed by atoms with Gasteiger partial charge in [0.05, 0.1) is 4.92 Å². The maximum atomic E-state index is 10.7. The van der Waals surface area contributed by atoms with Crippen molar-refractivity contribution in [3.63, 3.8) is 0 Å². The summed E-state index contributed by atoms with van der Waals surface area (Å²) in [6, 6.07) is 7.14. The standard InChI is InChI=1S/C11H10INO2/c12-11-5-10(6-11,7-11)8-2-1-3-9(4-8)13(14)15/h1-4H,5-7H2. The summed E-state index contributed by atoms with van der Waals surface area (Å²) in [4.78, 5) is 10.4. The fraction of sp³-hybridized carbons (Fsp3) is 0.455. The SMILES string of the molecule is O=[N+]([O-])c1cccc(C23CC(I)(C2)C3)c1. The summed E-state index contributed by atoms with van der Waals surface area (Å²) >= 11 is 2.52. The Morgan fingerprint density at radius 1 is 1.33 bits per heavy atom. The van der Waals surface area contributed by atoms with Gasteiger partial charge in [0, 0.05) is 15.6 Å². The molecule has 1 aromatic rings. The van der Waals surface area contributed by atoms with E-state index in [-0.39, 0.29) is 16.0 Å². The van der Waals surface area contributed by atoms with Crippen molar-refractivity contribution in [3.8, 4) is 0 Å². The maximum Gasteiger partial charge on any atom is 0.269 e. The number of hydrogen-bond acceptors (Lipinski definition) is 2. The van der Waals surface area contributed by atoms with E-state index in [0.29, 0.717) is 3.42 Å². The van der Waals surface area contributed by atoms with Crippen molar-refractivity contribution in [2.45, 2.75) is 28.1 Å². The van der Waals surface area contributed by atoms with Gasteiger partial charge in [0.2, 0.25) is 0 Å².